The third-order valence-electron chi connectivity index (χ3n) is 2.69. The molecule has 0 saturated heterocycles. The monoisotopic (exact) mass is 289 g/mol. The molecule has 92 valence electrons. The molecule has 1 aromatic carbocycles. The lowest BCUT2D eigenvalue weighted by Gasteiger charge is -2.26. The van der Waals surface area contributed by atoms with E-state index in [-0.39, 0.29) is 11.9 Å². The van der Waals surface area contributed by atoms with Crippen LogP contribution in [0.3, 0.4) is 0 Å². The smallest absolute Gasteiger partial charge is 0.238 e. The molecule has 1 heterocycles. The van der Waals surface area contributed by atoms with Gasteiger partial charge < -0.3 is 5.32 Å². The van der Waals surface area contributed by atoms with Crippen LogP contribution in [0.4, 0.5) is 0 Å². The van der Waals surface area contributed by atoms with Gasteiger partial charge in [-0.3, -0.25) is 4.79 Å². The number of halogens is 2. The SMILES string of the molecule is CC(Cl)C(=O)NC1CCSc2ccc(Cl)cc21. The summed E-state index contributed by atoms with van der Waals surface area (Å²) >= 11 is 13.5. The molecule has 2 nitrogen and oxygen atoms in total. The number of hydrogen-bond acceptors (Lipinski definition) is 2. The van der Waals surface area contributed by atoms with Crippen LogP contribution in [0.5, 0.6) is 0 Å². The summed E-state index contributed by atoms with van der Waals surface area (Å²) in [4.78, 5) is 12.8. The molecule has 0 radical (unpaired) electrons. The van der Waals surface area contributed by atoms with Crippen molar-refractivity contribution in [2.24, 2.45) is 0 Å². The molecular weight excluding hydrogens is 277 g/mol. The van der Waals surface area contributed by atoms with Crippen molar-refractivity contribution in [2.75, 3.05) is 5.75 Å². The molecule has 5 heteroatoms. The molecule has 0 saturated carbocycles. The van der Waals surface area contributed by atoms with E-state index >= 15 is 0 Å². The fourth-order valence-corrected chi connectivity index (χ4v) is 3.15. The number of fused-ring (bicyclic) bond motifs is 1. The summed E-state index contributed by atoms with van der Waals surface area (Å²) in [6, 6.07) is 5.83. The van der Waals surface area contributed by atoms with Crippen LogP contribution in [0.25, 0.3) is 0 Å². The van der Waals surface area contributed by atoms with Crippen LogP contribution in [-0.4, -0.2) is 17.0 Å². The highest BCUT2D eigenvalue weighted by molar-refractivity contribution is 7.99. The lowest BCUT2D eigenvalue weighted by atomic mass is 10.0. The van der Waals surface area contributed by atoms with E-state index < -0.39 is 5.38 Å². The van der Waals surface area contributed by atoms with Gasteiger partial charge in [0.25, 0.3) is 0 Å². The van der Waals surface area contributed by atoms with Gasteiger partial charge in [0, 0.05) is 15.7 Å². The standard InChI is InChI=1S/C12H13Cl2NOS/c1-7(13)12(16)15-10-4-5-17-11-3-2-8(14)6-9(10)11/h2-3,6-7,10H,4-5H2,1H3,(H,15,16). The topological polar surface area (TPSA) is 29.1 Å². The summed E-state index contributed by atoms with van der Waals surface area (Å²) in [6.45, 7) is 1.67. The van der Waals surface area contributed by atoms with E-state index in [2.05, 4.69) is 5.32 Å². The number of rotatable bonds is 2. The van der Waals surface area contributed by atoms with Crippen LogP contribution in [0.1, 0.15) is 24.9 Å². The van der Waals surface area contributed by atoms with Crippen LogP contribution in [0, 0.1) is 0 Å². The second kappa shape index (κ2) is 5.51. The van der Waals surface area contributed by atoms with Crippen molar-refractivity contribution in [3.05, 3.63) is 28.8 Å². The van der Waals surface area contributed by atoms with Gasteiger partial charge in [0.15, 0.2) is 0 Å². The van der Waals surface area contributed by atoms with E-state index in [1.807, 2.05) is 18.2 Å². The van der Waals surface area contributed by atoms with Crippen LogP contribution >= 0.6 is 35.0 Å². The van der Waals surface area contributed by atoms with Crippen molar-refractivity contribution < 1.29 is 4.79 Å². The third kappa shape index (κ3) is 3.09. The molecule has 1 aromatic rings. The van der Waals surface area contributed by atoms with Crippen molar-refractivity contribution in [2.45, 2.75) is 29.7 Å². The van der Waals surface area contributed by atoms with Crippen LogP contribution in [-0.2, 0) is 4.79 Å². The van der Waals surface area contributed by atoms with Gasteiger partial charge in [0.05, 0.1) is 6.04 Å². The van der Waals surface area contributed by atoms with Gasteiger partial charge >= 0.3 is 0 Å². The molecule has 17 heavy (non-hydrogen) atoms. The molecule has 0 fully saturated rings. The maximum Gasteiger partial charge on any atom is 0.238 e. The molecule has 1 amide bonds. The molecule has 2 atom stereocenters. The highest BCUT2D eigenvalue weighted by Crippen LogP contribution is 2.37. The predicted octanol–water partition coefficient (Wildman–Crippen LogP) is 3.62. The largest absolute Gasteiger partial charge is 0.348 e. The Labute approximate surface area is 115 Å². The Balaban J connectivity index is 2.22. The number of hydrogen-bond donors (Lipinski definition) is 1. The zero-order valence-electron chi connectivity index (χ0n) is 9.37. The van der Waals surface area contributed by atoms with E-state index in [9.17, 15) is 4.79 Å². The number of amides is 1. The number of nitrogens with one attached hydrogen (secondary N) is 1. The summed E-state index contributed by atoms with van der Waals surface area (Å²) in [5.74, 6) is 0.866. The van der Waals surface area contributed by atoms with E-state index in [0.29, 0.717) is 5.02 Å². The number of benzene rings is 1. The van der Waals surface area contributed by atoms with Gasteiger partial charge in [-0.1, -0.05) is 11.6 Å². The molecule has 0 aliphatic carbocycles. The van der Waals surface area contributed by atoms with E-state index in [0.717, 1.165) is 17.7 Å². The maximum atomic E-state index is 11.6. The lowest BCUT2D eigenvalue weighted by molar-refractivity contribution is -0.121. The van der Waals surface area contributed by atoms with Crippen molar-refractivity contribution in [1.29, 1.82) is 0 Å². The Morgan fingerprint density at radius 3 is 3.06 bits per heavy atom. The summed E-state index contributed by atoms with van der Waals surface area (Å²) in [6.07, 6.45) is 0.910. The van der Waals surface area contributed by atoms with Crippen molar-refractivity contribution in [1.82, 2.24) is 5.32 Å². The van der Waals surface area contributed by atoms with Gasteiger partial charge in [-0.25, -0.2) is 0 Å². The third-order valence-corrected chi connectivity index (χ3v) is 4.25. The minimum atomic E-state index is -0.507. The number of carbonyl (C=O) groups excluding carboxylic acids is 1. The molecule has 2 unspecified atom stereocenters. The Kier molecular flexibility index (Phi) is 4.23. The van der Waals surface area contributed by atoms with E-state index in [1.165, 1.54) is 4.90 Å². The lowest BCUT2D eigenvalue weighted by Crippen LogP contribution is -2.34. The zero-order valence-corrected chi connectivity index (χ0v) is 11.7. The zero-order chi connectivity index (χ0) is 12.4. The van der Waals surface area contributed by atoms with Gasteiger partial charge in [0.2, 0.25) is 5.91 Å². The fourth-order valence-electron chi connectivity index (χ4n) is 1.80. The van der Waals surface area contributed by atoms with Crippen LogP contribution < -0.4 is 5.32 Å². The average molecular weight is 290 g/mol. The number of carbonyl (C=O) groups is 1. The molecule has 1 aliphatic rings. The quantitative estimate of drug-likeness (QED) is 0.843. The summed E-state index contributed by atoms with van der Waals surface area (Å²) < 4.78 is 0. The first-order valence-corrected chi connectivity index (χ1v) is 7.24. The summed E-state index contributed by atoms with van der Waals surface area (Å²) in [5.41, 5.74) is 1.10. The molecule has 0 bridgehead atoms. The first-order chi connectivity index (χ1) is 8.08. The Hall–Kier alpha value is -0.380. The minimum Gasteiger partial charge on any atom is -0.348 e. The van der Waals surface area contributed by atoms with E-state index in [4.69, 9.17) is 23.2 Å². The van der Waals surface area contributed by atoms with Gasteiger partial charge in [0.1, 0.15) is 5.38 Å². The second-order valence-corrected chi connectivity index (χ2v) is 6.22. The second-order valence-electron chi connectivity index (χ2n) is 4.00. The Bertz CT molecular complexity index is 437. The molecule has 0 spiro atoms. The van der Waals surface area contributed by atoms with Gasteiger partial charge in [-0.15, -0.1) is 23.4 Å². The minimum absolute atomic E-state index is 0.0265. The maximum absolute atomic E-state index is 11.6. The normalized spacial score (nSPS) is 20.5. The molecule has 0 aromatic heterocycles. The first kappa shape index (κ1) is 13.1. The highest BCUT2D eigenvalue weighted by Gasteiger charge is 2.23. The molecule has 2 rings (SSSR count). The van der Waals surface area contributed by atoms with E-state index in [1.54, 1.807) is 18.7 Å². The fraction of sp³-hybridized carbons (Fsp3) is 0.417. The number of alkyl halides is 1. The van der Waals surface area contributed by atoms with Gasteiger partial charge in [-0.2, -0.15) is 0 Å². The Morgan fingerprint density at radius 2 is 2.35 bits per heavy atom. The highest BCUT2D eigenvalue weighted by atomic mass is 35.5. The van der Waals surface area contributed by atoms with Crippen molar-refractivity contribution in [3.8, 4) is 0 Å². The summed E-state index contributed by atoms with van der Waals surface area (Å²) in [5, 5.41) is 3.15. The van der Waals surface area contributed by atoms with Gasteiger partial charge in [-0.05, 0) is 37.1 Å². The Morgan fingerprint density at radius 1 is 1.59 bits per heavy atom. The van der Waals surface area contributed by atoms with Crippen LogP contribution in [0.15, 0.2) is 23.1 Å². The molecule has 1 N–H and O–H groups in total. The van der Waals surface area contributed by atoms with Crippen molar-refractivity contribution in [3.63, 3.8) is 0 Å². The van der Waals surface area contributed by atoms with Crippen LogP contribution in [0.2, 0.25) is 5.02 Å². The molecular formula is C12H13Cl2NOS. The summed E-state index contributed by atoms with van der Waals surface area (Å²) in [7, 11) is 0. The predicted molar refractivity (Wildman–Crippen MR) is 73.0 cm³/mol. The number of thioether (sulfide) groups is 1. The average Bonchev–Trinajstić information content (AvgIpc) is 2.29. The van der Waals surface area contributed by atoms with Crippen molar-refractivity contribution >= 4 is 40.9 Å². The first-order valence-electron chi connectivity index (χ1n) is 5.44. The molecule has 1 aliphatic heterocycles.